The van der Waals surface area contributed by atoms with Crippen LogP contribution in [-0.2, 0) is 32.1 Å². The van der Waals surface area contributed by atoms with Gasteiger partial charge in [-0.15, -0.1) is 0 Å². The number of carbonyl (C=O) groups is 1. The first-order valence-electron chi connectivity index (χ1n) is 11.5. The predicted molar refractivity (Wildman–Crippen MR) is 140 cm³/mol. The van der Waals surface area contributed by atoms with Gasteiger partial charge in [0.05, 0.1) is 23.8 Å². The van der Waals surface area contributed by atoms with Gasteiger partial charge in [0, 0.05) is 19.4 Å². The number of carbonyl (C=O) groups excluding carboxylic acids is 1. The molecule has 0 aliphatic rings. The van der Waals surface area contributed by atoms with Gasteiger partial charge in [-0.25, -0.2) is 22.9 Å². The quantitative estimate of drug-likeness (QED) is 0.235. The number of nitrogens with zero attached hydrogens (tertiary/aromatic N) is 1. The van der Waals surface area contributed by atoms with E-state index in [0.717, 1.165) is 0 Å². The molecule has 0 aliphatic heterocycles. The third-order valence-corrected chi connectivity index (χ3v) is 7.19. The third-order valence-electron chi connectivity index (χ3n) is 5.10. The summed E-state index contributed by atoms with van der Waals surface area (Å²) in [5.41, 5.74) is -0.474. The number of benzene rings is 2. The molecule has 1 heterocycles. The van der Waals surface area contributed by atoms with E-state index in [0.29, 0.717) is 30.2 Å². The number of amides is 1. The highest BCUT2D eigenvalue weighted by molar-refractivity contribution is 7.90. The lowest BCUT2D eigenvalue weighted by Crippen LogP contribution is -2.31. The molecule has 1 N–H and O–H groups in total. The van der Waals surface area contributed by atoms with E-state index in [1.54, 1.807) is 16.9 Å². The molecule has 0 radical (unpaired) electrons. The first-order valence-corrected chi connectivity index (χ1v) is 13.7. The first kappa shape index (κ1) is 31.3. The van der Waals surface area contributed by atoms with Crippen LogP contribution in [0.15, 0.2) is 59.6 Å². The second-order valence-electron chi connectivity index (χ2n) is 8.00. The van der Waals surface area contributed by atoms with E-state index in [9.17, 15) is 26.4 Å². The molecule has 2 aromatic carbocycles. The van der Waals surface area contributed by atoms with Gasteiger partial charge in [0.25, 0.3) is 10.0 Å². The van der Waals surface area contributed by atoms with Gasteiger partial charge in [-0.05, 0) is 42.7 Å². The summed E-state index contributed by atoms with van der Waals surface area (Å²) in [6, 6.07) is 11.1. The normalized spacial score (nSPS) is 11.7. The molecule has 15 heteroatoms. The minimum absolute atomic E-state index is 0.0624. The van der Waals surface area contributed by atoms with Crippen LogP contribution in [0.2, 0.25) is 10.0 Å². The average Bonchev–Trinajstić information content (AvgIpc) is 2.88. The molecule has 9 nitrogen and oxygen atoms in total. The van der Waals surface area contributed by atoms with Crippen LogP contribution in [0.5, 0.6) is 17.4 Å². The van der Waals surface area contributed by atoms with E-state index in [-0.39, 0.29) is 52.6 Å². The molecule has 0 bridgehead atoms. The summed E-state index contributed by atoms with van der Waals surface area (Å²) in [7, 11) is -2.73. The number of aromatic nitrogens is 1. The van der Waals surface area contributed by atoms with Crippen molar-refractivity contribution in [2.24, 2.45) is 0 Å². The Kier molecular flexibility index (Phi) is 10.9. The van der Waals surface area contributed by atoms with Crippen molar-refractivity contribution in [2.45, 2.75) is 23.9 Å². The van der Waals surface area contributed by atoms with Crippen LogP contribution in [0.25, 0.3) is 0 Å². The van der Waals surface area contributed by atoms with Gasteiger partial charge in [-0.2, -0.15) is 13.2 Å². The highest BCUT2D eigenvalue weighted by atomic mass is 35.5. The number of hydrogen-bond donors (Lipinski definition) is 1. The maximum absolute atomic E-state index is 13.0. The first-order chi connectivity index (χ1) is 18.9. The SMILES string of the molecule is COCCOc1ccc(CCCOC(=O)NS(=O)(=O)c2ccccc2Cl)c(Oc2ncc(C(F)(F)F)cc2Cl)c1. The van der Waals surface area contributed by atoms with E-state index in [1.165, 1.54) is 37.4 Å². The number of methoxy groups -OCH3 is 1. The van der Waals surface area contributed by atoms with E-state index in [4.69, 9.17) is 42.1 Å². The highest BCUT2D eigenvalue weighted by Crippen LogP contribution is 2.36. The Labute approximate surface area is 238 Å². The van der Waals surface area contributed by atoms with Crippen LogP contribution < -0.4 is 14.2 Å². The molecule has 0 aliphatic carbocycles. The van der Waals surface area contributed by atoms with Gasteiger partial charge >= 0.3 is 12.3 Å². The lowest BCUT2D eigenvalue weighted by Gasteiger charge is -2.15. The standard InChI is InChI=1S/C25H23Cl2F3N2O7S/c1-36-11-12-37-18-9-8-16(21(14-18)39-23-20(27)13-17(15-31-23)25(28,29)30)5-4-10-38-24(33)32-40(34,35)22-7-3-2-6-19(22)26/h2-3,6-9,13-15H,4-5,10-12H2,1H3,(H,32,33). The van der Waals surface area contributed by atoms with Gasteiger partial charge in [0.2, 0.25) is 5.88 Å². The fourth-order valence-electron chi connectivity index (χ4n) is 3.21. The van der Waals surface area contributed by atoms with Crippen molar-refractivity contribution in [3.05, 3.63) is 75.9 Å². The second-order valence-corrected chi connectivity index (χ2v) is 10.5. The average molecular weight is 623 g/mol. The topological polar surface area (TPSA) is 113 Å². The van der Waals surface area contributed by atoms with Crippen molar-refractivity contribution >= 4 is 39.3 Å². The zero-order valence-corrected chi connectivity index (χ0v) is 23.2. The number of ether oxygens (including phenoxy) is 4. The summed E-state index contributed by atoms with van der Waals surface area (Å²) in [5, 5.41) is -0.418. The van der Waals surface area contributed by atoms with Crippen LogP contribution in [-0.4, -0.2) is 46.4 Å². The van der Waals surface area contributed by atoms with Crippen molar-refractivity contribution < 1.29 is 45.3 Å². The summed E-state index contributed by atoms with van der Waals surface area (Å²) in [6.07, 6.45) is -4.74. The van der Waals surface area contributed by atoms with Crippen molar-refractivity contribution in [3.63, 3.8) is 0 Å². The van der Waals surface area contributed by atoms with Gasteiger partial charge in [0.1, 0.15) is 28.0 Å². The van der Waals surface area contributed by atoms with Crippen LogP contribution in [0.1, 0.15) is 17.5 Å². The number of halogens is 5. The monoisotopic (exact) mass is 622 g/mol. The number of hydrogen-bond acceptors (Lipinski definition) is 8. The number of aryl methyl sites for hydroxylation is 1. The predicted octanol–water partition coefficient (Wildman–Crippen LogP) is 6.27. The smallest absolute Gasteiger partial charge is 0.421 e. The third kappa shape index (κ3) is 8.88. The maximum atomic E-state index is 13.0. The Balaban J connectivity index is 1.67. The van der Waals surface area contributed by atoms with E-state index >= 15 is 0 Å². The molecule has 0 atom stereocenters. The van der Waals surface area contributed by atoms with Crippen molar-refractivity contribution in [2.75, 3.05) is 26.9 Å². The molecule has 216 valence electrons. The molecule has 0 saturated carbocycles. The number of rotatable bonds is 12. The Bertz CT molecular complexity index is 1440. The largest absolute Gasteiger partial charge is 0.491 e. The number of nitrogens with one attached hydrogen (secondary N) is 1. The lowest BCUT2D eigenvalue weighted by molar-refractivity contribution is -0.137. The molecular weight excluding hydrogens is 600 g/mol. The summed E-state index contributed by atoms with van der Waals surface area (Å²) >= 11 is 11.9. The van der Waals surface area contributed by atoms with Gasteiger partial charge < -0.3 is 18.9 Å². The zero-order chi connectivity index (χ0) is 29.3. The number of pyridine rings is 1. The fraction of sp³-hybridized carbons (Fsp3) is 0.280. The van der Waals surface area contributed by atoms with E-state index in [2.05, 4.69) is 4.98 Å². The molecule has 0 saturated heterocycles. The molecule has 1 amide bonds. The Morgan fingerprint density at radius 2 is 1.77 bits per heavy atom. The Morgan fingerprint density at radius 3 is 2.45 bits per heavy atom. The zero-order valence-electron chi connectivity index (χ0n) is 20.8. The molecule has 0 spiro atoms. The van der Waals surface area contributed by atoms with Crippen LogP contribution >= 0.6 is 23.2 Å². The van der Waals surface area contributed by atoms with E-state index < -0.39 is 27.9 Å². The van der Waals surface area contributed by atoms with Crippen molar-refractivity contribution in [3.8, 4) is 17.4 Å². The number of alkyl halides is 3. The summed E-state index contributed by atoms with van der Waals surface area (Å²) in [4.78, 5) is 15.5. The minimum atomic E-state index is -4.63. The summed E-state index contributed by atoms with van der Waals surface area (Å²) < 4.78 is 86.6. The number of sulfonamides is 1. The fourth-order valence-corrected chi connectivity index (χ4v) is 4.83. The van der Waals surface area contributed by atoms with Gasteiger partial charge in [0.15, 0.2) is 0 Å². The lowest BCUT2D eigenvalue weighted by atomic mass is 10.1. The maximum Gasteiger partial charge on any atom is 0.421 e. The van der Waals surface area contributed by atoms with Crippen molar-refractivity contribution in [1.82, 2.24) is 9.71 Å². The summed E-state index contributed by atoms with van der Waals surface area (Å²) in [5.74, 6) is 0.319. The summed E-state index contributed by atoms with van der Waals surface area (Å²) in [6.45, 7) is 0.374. The molecule has 0 unspecified atom stereocenters. The molecule has 40 heavy (non-hydrogen) atoms. The van der Waals surface area contributed by atoms with Gasteiger partial charge in [-0.1, -0.05) is 41.4 Å². The van der Waals surface area contributed by atoms with Gasteiger partial charge in [-0.3, -0.25) is 0 Å². The highest BCUT2D eigenvalue weighted by Gasteiger charge is 2.32. The van der Waals surface area contributed by atoms with Crippen LogP contribution in [0.4, 0.5) is 18.0 Å². The molecule has 1 aromatic heterocycles. The molecule has 3 rings (SSSR count). The Morgan fingerprint density at radius 1 is 1.02 bits per heavy atom. The van der Waals surface area contributed by atoms with Crippen molar-refractivity contribution in [1.29, 1.82) is 0 Å². The van der Waals surface area contributed by atoms with Crippen LogP contribution in [0.3, 0.4) is 0 Å². The molecular formula is C25H23Cl2F3N2O7S. The molecule has 3 aromatic rings. The second kappa shape index (κ2) is 13.9. The molecule has 0 fully saturated rings. The minimum Gasteiger partial charge on any atom is -0.491 e. The Hall–Kier alpha value is -3.26. The van der Waals surface area contributed by atoms with Crippen LogP contribution in [0, 0.1) is 0 Å². The van der Waals surface area contributed by atoms with E-state index in [1.807, 2.05) is 0 Å².